The van der Waals surface area contributed by atoms with Crippen molar-refractivity contribution in [2.45, 2.75) is 44.9 Å². The lowest BCUT2D eigenvalue weighted by atomic mass is 9.94. The number of rotatable bonds is 4. The highest BCUT2D eigenvalue weighted by molar-refractivity contribution is 5.78. The van der Waals surface area contributed by atoms with Crippen LogP contribution in [0.4, 0.5) is 0 Å². The van der Waals surface area contributed by atoms with Gasteiger partial charge in [-0.15, -0.1) is 0 Å². The van der Waals surface area contributed by atoms with Crippen LogP contribution in [0.2, 0.25) is 0 Å². The van der Waals surface area contributed by atoms with Crippen molar-refractivity contribution in [3.63, 3.8) is 0 Å². The Bertz CT molecular complexity index is 304. The van der Waals surface area contributed by atoms with E-state index in [0.29, 0.717) is 12.3 Å². The molecule has 0 aromatic carbocycles. The summed E-state index contributed by atoms with van der Waals surface area (Å²) in [5.41, 5.74) is 1.38. The summed E-state index contributed by atoms with van der Waals surface area (Å²) in [5, 5.41) is 3.23. The number of likely N-dealkylation sites (tertiary alicyclic amines) is 1. The quantitative estimate of drug-likeness (QED) is 0.777. The lowest BCUT2D eigenvalue weighted by Gasteiger charge is -2.32. The van der Waals surface area contributed by atoms with Gasteiger partial charge in [-0.25, -0.2) is 0 Å². The molecule has 0 spiro atoms. The van der Waals surface area contributed by atoms with Crippen LogP contribution >= 0.6 is 0 Å². The van der Waals surface area contributed by atoms with Gasteiger partial charge in [0.25, 0.3) is 0 Å². The number of piperidine rings is 1. The van der Waals surface area contributed by atoms with Crippen molar-refractivity contribution in [1.29, 1.82) is 0 Å². The van der Waals surface area contributed by atoms with E-state index >= 15 is 0 Å². The fourth-order valence-corrected chi connectivity index (χ4v) is 3.05. The molecule has 0 unspecified atom stereocenters. The molecule has 0 aromatic heterocycles. The first-order valence-corrected chi connectivity index (χ1v) is 7.40. The summed E-state index contributed by atoms with van der Waals surface area (Å²) in [7, 11) is 2.01. The van der Waals surface area contributed by atoms with Gasteiger partial charge >= 0.3 is 0 Å². The number of nitrogens with one attached hydrogen (secondary N) is 1. The number of hydrogen-bond acceptors (Lipinski definition) is 2. The maximum atomic E-state index is 12.2. The summed E-state index contributed by atoms with van der Waals surface area (Å²) in [6.07, 6.45) is 10.2. The van der Waals surface area contributed by atoms with Crippen molar-refractivity contribution in [2.75, 3.05) is 26.7 Å². The van der Waals surface area contributed by atoms with Gasteiger partial charge in [-0.1, -0.05) is 11.6 Å². The van der Waals surface area contributed by atoms with Crippen LogP contribution in [0.5, 0.6) is 0 Å². The predicted octanol–water partition coefficient (Wildman–Crippen LogP) is 2.33. The summed E-state index contributed by atoms with van der Waals surface area (Å²) in [5.74, 6) is 1.11. The van der Waals surface area contributed by atoms with E-state index in [0.717, 1.165) is 44.8 Å². The first-order chi connectivity index (χ1) is 8.79. The Morgan fingerprint density at radius 2 is 2.17 bits per heavy atom. The van der Waals surface area contributed by atoms with Gasteiger partial charge in [-0.3, -0.25) is 4.79 Å². The lowest BCUT2D eigenvalue weighted by molar-refractivity contribution is -0.131. The highest BCUT2D eigenvalue weighted by Crippen LogP contribution is 2.23. The molecule has 2 aliphatic rings. The molecule has 18 heavy (non-hydrogen) atoms. The van der Waals surface area contributed by atoms with Gasteiger partial charge in [0.05, 0.1) is 0 Å². The number of allylic oxidation sites excluding steroid dienone is 1. The van der Waals surface area contributed by atoms with E-state index in [2.05, 4.69) is 16.3 Å². The summed E-state index contributed by atoms with van der Waals surface area (Å²) in [6.45, 7) is 3.00. The fourth-order valence-electron chi connectivity index (χ4n) is 3.05. The molecule has 1 aliphatic heterocycles. The monoisotopic (exact) mass is 250 g/mol. The Kier molecular flexibility index (Phi) is 5.24. The molecule has 2 rings (SSSR count). The standard InChI is InChI=1S/C15H26N2O/c1-16-12-14-7-9-17(10-8-14)15(18)11-13-5-3-2-4-6-13/h5,14,16H,2-4,6-12H2,1H3. The van der Waals surface area contributed by atoms with Crippen molar-refractivity contribution in [2.24, 2.45) is 5.92 Å². The Morgan fingerprint density at radius 1 is 1.39 bits per heavy atom. The van der Waals surface area contributed by atoms with Crippen LogP contribution in [-0.2, 0) is 4.79 Å². The van der Waals surface area contributed by atoms with E-state index in [4.69, 9.17) is 0 Å². The average molecular weight is 250 g/mol. The molecule has 0 bridgehead atoms. The van der Waals surface area contributed by atoms with E-state index in [-0.39, 0.29) is 0 Å². The SMILES string of the molecule is CNCC1CCN(C(=O)CC2=CCCCC2)CC1. The molecule has 3 heteroatoms. The van der Waals surface area contributed by atoms with E-state index < -0.39 is 0 Å². The van der Waals surface area contributed by atoms with Gasteiger partial charge < -0.3 is 10.2 Å². The van der Waals surface area contributed by atoms with Crippen LogP contribution in [0.1, 0.15) is 44.9 Å². The van der Waals surface area contributed by atoms with E-state index in [1.807, 2.05) is 7.05 Å². The molecule has 1 amide bonds. The minimum absolute atomic E-state index is 0.353. The van der Waals surface area contributed by atoms with E-state index in [1.54, 1.807) is 0 Å². The van der Waals surface area contributed by atoms with Crippen molar-refractivity contribution < 1.29 is 4.79 Å². The Labute approximate surface area is 111 Å². The van der Waals surface area contributed by atoms with Crippen molar-refractivity contribution in [3.05, 3.63) is 11.6 Å². The van der Waals surface area contributed by atoms with Crippen molar-refractivity contribution in [1.82, 2.24) is 10.2 Å². The molecule has 3 nitrogen and oxygen atoms in total. The van der Waals surface area contributed by atoms with Crippen LogP contribution in [0, 0.1) is 5.92 Å². The molecule has 0 aromatic rings. The molecule has 1 N–H and O–H groups in total. The summed E-state index contributed by atoms with van der Waals surface area (Å²) < 4.78 is 0. The van der Waals surface area contributed by atoms with Gasteiger partial charge in [-0.2, -0.15) is 0 Å². The Hall–Kier alpha value is -0.830. The normalized spacial score (nSPS) is 21.8. The molecule has 1 aliphatic carbocycles. The number of hydrogen-bond donors (Lipinski definition) is 1. The molecule has 0 radical (unpaired) electrons. The fraction of sp³-hybridized carbons (Fsp3) is 0.800. The van der Waals surface area contributed by atoms with Gasteiger partial charge in [0.1, 0.15) is 0 Å². The molecular formula is C15H26N2O. The summed E-state index contributed by atoms with van der Waals surface area (Å²) in [4.78, 5) is 14.3. The zero-order valence-electron chi connectivity index (χ0n) is 11.6. The largest absolute Gasteiger partial charge is 0.342 e. The molecule has 1 saturated heterocycles. The second kappa shape index (κ2) is 6.93. The van der Waals surface area contributed by atoms with E-state index in [1.165, 1.54) is 24.8 Å². The van der Waals surface area contributed by atoms with Crippen LogP contribution < -0.4 is 5.32 Å². The summed E-state index contributed by atoms with van der Waals surface area (Å²) >= 11 is 0. The summed E-state index contributed by atoms with van der Waals surface area (Å²) in [6, 6.07) is 0. The van der Waals surface area contributed by atoms with Crippen molar-refractivity contribution >= 4 is 5.91 Å². The van der Waals surface area contributed by atoms with E-state index in [9.17, 15) is 4.79 Å². The van der Waals surface area contributed by atoms with Gasteiger partial charge in [0.15, 0.2) is 0 Å². The first-order valence-electron chi connectivity index (χ1n) is 7.40. The number of nitrogens with zero attached hydrogens (tertiary/aromatic N) is 1. The smallest absolute Gasteiger partial charge is 0.226 e. The van der Waals surface area contributed by atoms with Crippen LogP contribution in [0.25, 0.3) is 0 Å². The maximum Gasteiger partial charge on any atom is 0.226 e. The number of carbonyl (C=O) groups excluding carboxylic acids is 1. The third-order valence-electron chi connectivity index (χ3n) is 4.22. The molecule has 0 saturated carbocycles. The maximum absolute atomic E-state index is 12.2. The molecule has 102 valence electrons. The van der Waals surface area contributed by atoms with Gasteiger partial charge in [-0.05, 0) is 58.0 Å². The third kappa shape index (κ3) is 3.84. The second-order valence-corrected chi connectivity index (χ2v) is 5.67. The highest BCUT2D eigenvalue weighted by Gasteiger charge is 2.22. The van der Waals surface area contributed by atoms with Crippen LogP contribution in [-0.4, -0.2) is 37.5 Å². The predicted molar refractivity (Wildman–Crippen MR) is 74.4 cm³/mol. The molecule has 0 atom stereocenters. The van der Waals surface area contributed by atoms with Gasteiger partial charge in [0, 0.05) is 19.5 Å². The third-order valence-corrected chi connectivity index (χ3v) is 4.22. The Balaban J connectivity index is 1.75. The molecule has 1 heterocycles. The minimum atomic E-state index is 0.353. The van der Waals surface area contributed by atoms with Gasteiger partial charge in [0.2, 0.25) is 5.91 Å². The van der Waals surface area contributed by atoms with Crippen LogP contribution in [0.3, 0.4) is 0 Å². The second-order valence-electron chi connectivity index (χ2n) is 5.67. The molecule has 1 fully saturated rings. The Morgan fingerprint density at radius 3 is 2.78 bits per heavy atom. The topological polar surface area (TPSA) is 32.3 Å². The number of amides is 1. The zero-order valence-corrected chi connectivity index (χ0v) is 11.6. The highest BCUT2D eigenvalue weighted by atomic mass is 16.2. The lowest BCUT2D eigenvalue weighted by Crippen LogP contribution is -2.40. The average Bonchev–Trinajstić information content (AvgIpc) is 2.41. The number of carbonyl (C=O) groups is 1. The van der Waals surface area contributed by atoms with Crippen LogP contribution in [0.15, 0.2) is 11.6 Å². The first kappa shape index (κ1) is 13.6. The molecular weight excluding hydrogens is 224 g/mol. The zero-order chi connectivity index (χ0) is 12.8. The van der Waals surface area contributed by atoms with Crippen molar-refractivity contribution in [3.8, 4) is 0 Å². The minimum Gasteiger partial charge on any atom is -0.342 e.